The van der Waals surface area contributed by atoms with E-state index in [1.807, 2.05) is 24.3 Å². The van der Waals surface area contributed by atoms with Crippen molar-refractivity contribution < 1.29 is 13.9 Å². The number of hydrogen-bond acceptors (Lipinski definition) is 3. The smallest absolute Gasteiger partial charge is 0.192 e. The van der Waals surface area contributed by atoms with Gasteiger partial charge >= 0.3 is 0 Å². The lowest BCUT2D eigenvalue weighted by Gasteiger charge is -2.33. The molecular weight excluding hydrogens is 328 g/mol. The Morgan fingerprint density at radius 2 is 1.72 bits per heavy atom. The van der Waals surface area contributed by atoms with E-state index < -0.39 is 8.32 Å². The molecule has 0 aliphatic rings. The number of unbranched alkanes of at least 4 members (excludes halogenated alkanes) is 1. The summed E-state index contributed by atoms with van der Waals surface area (Å²) >= 11 is 0. The van der Waals surface area contributed by atoms with Gasteiger partial charge in [-0.15, -0.1) is 12.3 Å². The van der Waals surface area contributed by atoms with E-state index in [-0.39, 0.29) is 6.10 Å². The summed E-state index contributed by atoms with van der Waals surface area (Å²) < 4.78 is 17.8. The van der Waals surface area contributed by atoms with Crippen LogP contribution in [-0.2, 0) is 15.8 Å². The van der Waals surface area contributed by atoms with Crippen molar-refractivity contribution in [3.63, 3.8) is 0 Å². The van der Waals surface area contributed by atoms with E-state index in [1.165, 1.54) is 0 Å². The van der Waals surface area contributed by atoms with Gasteiger partial charge in [-0.05, 0) is 48.7 Å². The molecule has 0 aliphatic carbocycles. The maximum absolute atomic E-state index is 6.63. The van der Waals surface area contributed by atoms with Crippen LogP contribution in [-0.4, -0.2) is 28.1 Å². The van der Waals surface area contributed by atoms with Gasteiger partial charge in [0.05, 0.1) is 26.4 Å². The summed E-state index contributed by atoms with van der Waals surface area (Å²) in [5.74, 6) is 3.59. The Balaban J connectivity index is 2.58. The molecule has 0 aromatic heterocycles. The lowest BCUT2D eigenvalue weighted by atomic mass is 10.1. The van der Waals surface area contributed by atoms with E-state index >= 15 is 0 Å². The van der Waals surface area contributed by atoms with Gasteiger partial charge in [-0.2, -0.15) is 0 Å². The highest BCUT2D eigenvalue weighted by Gasteiger charge is 2.31. The van der Waals surface area contributed by atoms with Crippen LogP contribution in [0.25, 0.3) is 0 Å². The van der Waals surface area contributed by atoms with Crippen molar-refractivity contribution in [3.05, 3.63) is 29.8 Å². The molecule has 0 heterocycles. The molecule has 1 atom stereocenters. The van der Waals surface area contributed by atoms with Crippen LogP contribution >= 0.6 is 0 Å². The number of benzene rings is 1. The van der Waals surface area contributed by atoms with Gasteiger partial charge in [0.25, 0.3) is 0 Å². The third-order valence-corrected chi connectivity index (χ3v) is 9.63. The average Bonchev–Trinajstić information content (AvgIpc) is 2.66. The van der Waals surface area contributed by atoms with E-state index in [1.54, 1.807) is 7.11 Å². The SMILES string of the molecule is C#CCCCC(COCc1ccc(OC)cc1)O[Si](CC)(CC)CC. The van der Waals surface area contributed by atoms with Gasteiger partial charge in [0.2, 0.25) is 0 Å². The molecule has 1 rings (SSSR count). The van der Waals surface area contributed by atoms with Gasteiger partial charge in [0.1, 0.15) is 5.75 Å². The fourth-order valence-corrected chi connectivity index (χ4v) is 5.88. The minimum Gasteiger partial charge on any atom is -0.497 e. The molecule has 0 radical (unpaired) electrons. The molecule has 0 amide bonds. The van der Waals surface area contributed by atoms with Crippen molar-refractivity contribution >= 4 is 8.32 Å². The Kier molecular flexibility index (Phi) is 10.6. The second-order valence-electron chi connectivity index (χ2n) is 6.44. The predicted molar refractivity (Wildman–Crippen MR) is 107 cm³/mol. The number of hydrogen-bond donors (Lipinski definition) is 0. The largest absolute Gasteiger partial charge is 0.497 e. The minimum absolute atomic E-state index is 0.151. The Morgan fingerprint density at radius 1 is 1.08 bits per heavy atom. The highest BCUT2D eigenvalue weighted by molar-refractivity contribution is 6.73. The molecule has 0 fully saturated rings. The Morgan fingerprint density at radius 3 is 2.24 bits per heavy atom. The first-order valence-corrected chi connectivity index (χ1v) is 12.0. The quantitative estimate of drug-likeness (QED) is 0.267. The highest BCUT2D eigenvalue weighted by atomic mass is 28.4. The van der Waals surface area contributed by atoms with Crippen molar-refractivity contribution in [1.29, 1.82) is 0 Å². The van der Waals surface area contributed by atoms with Crippen LogP contribution < -0.4 is 4.74 Å². The van der Waals surface area contributed by atoms with Crippen molar-refractivity contribution in [3.8, 4) is 18.1 Å². The summed E-state index contributed by atoms with van der Waals surface area (Å²) in [4.78, 5) is 0. The van der Waals surface area contributed by atoms with Crippen LogP contribution in [0.1, 0.15) is 45.6 Å². The fraction of sp³-hybridized carbons (Fsp3) is 0.619. The highest BCUT2D eigenvalue weighted by Crippen LogP contribution is 2.25. The van der Waals surface area contributed by atoms with E-state index in [0.29, 0.717) is 13.2 Å². The van der Waals surface area contributed by atoms with Gasteiger partial charge in [-0.1, -0.05) is 32.9 Å². The predicted octanol–water partition coefficient (Wildman–Crippen LogP) is 5.41. The van der Waals surface area contributed by atoms with Crippen molar-refractivity contribution in [1.82, 2.24) is 0 Å². The lowest BCUT2D eigenvalue weighted by molar-refractivity contribution is 0.0310. The zero-order valence-electron chi connectivity index (χ0n) is 16.3. The summed E-state index contributed by atoms with van der Waals surface area (Å²) in [5.41, 5.74) is 1.15. The van der Waals surface area contributed by atoms with Crippen LogP contribution in [0.5, 0.6) is 5.75 Å². The molecule has 1 aromatic rings. The molecule has 0 saturated carbocycles. The Hall–Kier alpha value is -1.28. The molecule has 0 bridgehead atoms. The van der Waals surface area contributed by atoms with Gasteiger partial charge in [0, 0.05) is 6.42 Å². The zero-order chi connectivity index (χ0) is 18.5. The zero-order valence-corrected chi connectivity index (χ0v) is 17.3. The van der Waals surface area contributed by atoms with Gasteiger partial charge in [-0.3, -0.25) is 0 Å². The summed E-state index contributed by atoms with van der Waals surface area (Å²) in [6, 6.07) is 11.5. The molecule has 4 heteroatoms. The van der Waals surface area contributed by atoms with Crippen LogP contribution in [0.2, 0.25) is 18.1 Å². The van der Waals surface area contributed by atoms with Crippen molar-refractivity contribution in [2.24, 2.45) is 0 Å². The Bertz CT molecular complexity index is 495. The molecule has 25 heavy (non-hydrogen) atoms. The van der Waals surface area contributed by atoms with Gasteiger partial charge in [-0.25, -0.2) is 0 Å². The first-order chi connectivity index (χ1) is 12.1. The monoisotopic (exact) mass is 362 g/mol. The van der Waals surface area contributed by atoms with E-state index in [4.69, 9.17) is 20.3 Å². The van der Waals surface area contributed by atoms with E-state index in [2.05, 4.69) is 26.7 Å². The molecule has 140 valence electrons. The third-order valence-electron chi connectivity index (χ3n) is 4.93. The lowest BCUT2D eigenvalue weighted by Crippen LogP contribution is -2.41. The number of terminal acetylenes is 1. The minimum atomic E-state index is -1.63. The molecule has 0 aliphatic heterocycles. The molecular formula is C21H34O3Si. The summed E-state index contributed by atoms with van der Waals surface area (Å²) in [6.45, 7) is 8.01. The third kappa shape index (κ3) is 7.64. The number of ether oxygens (including phenoxy) is 2. The standard InChI is InChI=1S/C21H34O3Si/c1-6-10-11-12-21(24-25(7-2,8-3)9-4)18-23-17-19-13-15-20(22-5)16-14-19/h1,13-16,21H,7-12,17-18H2,2-5H3. The summed E-state index contributed by atoms with van der Waals surface area (Å²) in [6.07, 6.45) is 8.32. The average molecular weight is 363 g/mol. The second kappa shape index (κ2) is 12.1. The van der Waals surface area contributed by atoms with Crippen LogP contribution in [0.15, 0.2) is 24.3 Å². The van der Waals surface area contributed by atoms with Gasteiger partial charge in [0.15, 0.2) is 8.32 Å². The summed E-state index contributed by atoms with van der Waals surface area (Å²) in [5, 5.41) is 0. The fourth-order valence-electron chi connectivity index (χ4n) is 2.99. The first kappa shape index (κ1) is 21.8. The van der Waals surface area contributed by atoms with E-state index in [9.17, 15) is 0 Å². The molecule has 0 spiro atoms. The summed E-state index contributed by atoms with van der Waals surface area (Å²) in [7, 11) is 0.0450. The van der Waals surface area contributed by atoms with Crippen LogP contribution in [0, 0.1) is 12.3 Å². The van der Waals surface area contributed by atoms with Gasteiger partial charge < -0.3 is 13.9 Å². The topological polar surface area (TPSA) is 27.7 Å². The maximum atomic E-state index is 6.63. The van der Waals surface area contributed by atoms with Crippen molar-refractivity contribution in [2.45, 2.75) is 70.9 Å². The molecule has 0 N–H and O–H groups in total. The first-order valence-electron chi connectivity index (χ1n) is 9.45. The number of methoxy groups -OCH3 is 1. The Labute approximate surface area is 155 Å². The van der Waals surface area contributed by atoms with Crippen LogP contribution in [0.4, 0.5) is 0 Å². The van der Waals surface area contributed by atoms with Crippen molar-refractivity contribution in [2.75, 3.05) is 13.7 Å². The normalized spacial score (nSPS) is 12.6. The molecule has 1 aromatic carbocycles. The second-order valence-corrected chi connectivity index (χ2v) is 11.2. The molecule has 3 nitrogen and oxygen atoms in total. The molecule has 0 saturated heterocycles. The molecule has 1 unspecified atom stereocenters. The van der Waals surface area contributed by atoms with E-state index in [0.717, 1.165) is 48.7 Å². The van der Waals surface area contributed by atoms with Crippen LogP contribution in [0.3, 0.4) is 0 Å². The maximum Gasteiger partial charge on any atom is 0.192 e. The number of rotatable bonds is 13.